The molecule has 5 nitrogen and oxygen atoms in total. The van der Waals surface area contributed by atoms with Crippen molar-refractivity contribution in [2.24, 2.45) is 0 Å². The number of hydrogen-bond acceptors (Lipinski definition) is 4. The maximum absolute atomic E-state index is 13.1. The van der Waals surface area contributed by atoms with Crippen LogP contribution in [0.3, 0.4) is 0 Å². The summed E-state index contributed by atoms with van der Waals surface area (Å²) < 4.78 is 18.3. The number of anilines is 1. The fourth-order valence-electron chi connectivity index (χ4n) is 1.67. The number of halogens is 2. The summed E-state index contributed by atoms with van der Waals surface area (Å²) in [4.78, 5) is 10.1. The molecule has 1 aliphatic rings. The van der Waals surface area contributed by atoms with Gasteiger partial charge >= 0.3 is 0 Å². The first-order valence-electron chi connectivity index (χ1n) is 5.05. The third-order valence-electron chi connectivity index (χ3n) is 2.52. The van der Waals surface area contributed by atoms with E-state index in [1.165, 1.54) is 6.07 Å². The summed E-state index contributed by atoms with van der Waals surface area (Å²) in [5.41, 5.74) is -0.101. The van der Waals surface area contributed by atoms with Crippen molar-refractivity contribution in [3.63, 3.8) is 0 Å². The number of ether oxygens (including phenoxy) is 1. The molecule has 1 atom stereocenters. The molecule has 0 aromatic heterocycles. The Bertz CT molecular complexity index is 449. The molecule has 1 aromatic carbocycles. The predicted molar refractivity (Wildman–Crippen MR) is 60.9 cm³/mol. The average molecular weight is 261 g/mol. The van der Waals surface area contributed by atoms with E-state index < -0.39 is 10.7 Å². The maximum atomic E-state index is 13.1. The number of nitro groups is 1. The molecule has 1 aromatic rings. The zero-order valence-electron chi connectivity index (χ0n) is 8.78. The van der Waals surface area contributed by atoms with Crippen molar-refractivity contribution in [1.29, 1.82) is 0 Å². The molecule has 1 N–H and O–H groups in total. The van der Waals surface area contributed by atoms with Crippen LogP contribution in [0.4, 0.5) is 15.8 Å². The molecule has 17 heavy (non-hydrogen) atoms. The Morgan fingerprint density at radius 3 is 2.94 bits per heavy atom. The molecule has 0 bridgehead atoms. The van der Waals surface area contributed by atoms with Crippen molar-refractivity contribution in [2.45, 2.75) is 12.5 Å². The lowest BCUT2D eigenvalue weighted by atomic mass is 10.2. The standard InChI is InChI=1S/C10H10ClFN2O3/c11-7-3-9(13-6-1-2-17-5-6)10(14(15)16)4-8(7)12/h3-4,6,13H,1-2,5H2. The molecule has 0 radical (unpaired) electrons. The fraction of sp³-hybridized carbons (Fsp3) is 0.400. The van der Waals surface area contributed by atoms with Gasteiger partial charge in [-0.2, -0.15) is 0 Å². The van der Waals surface area contributed by atoms with Crippen molar-refractivity contribution < 1.29 is 14.1 Å². The van der Waals surface area contributed by atoms with Gasteiger partial charge in [0.15, 0.2) is 0 Å². The molecule has 1 aliphatic heterocycles. The Kier molecular flexibility index (Phi) is 3.44. The van der Waals surface area contributed by atoms with Gasteiger partial charge in [0.05, 0.1) is 28.7 Å². The van der Waals surface area contributed by atoms with Gasteiger partial charge in [0, 0.05) is 6.61 Å². The molecule has 1 fully saturated rings. The second kappa shape index (κ2) is 4.85. The number of nitrogens with one attached hydrogen (secondary N) is 1. The van der Waals surface area contributed by atoms with Crippen LogP contribution >= 0.6 is 11.6 Å². The van der Waals surface area contributed by atoms with Gasteiger partial charge in [-0.25, -0.2) is 4.39 Å². The summed E-state index contributed by atoms with van der Waals surface area (Å²) in [6.07, 6.45) is 0.756. The van der Waals surface area contributed by atoms with E-state index in [1.807, 2.05) is 0 Å². The van der Waals surface area contributed by atoms with Crippen LogP contribution in [0.15, 0.2) is 12.1 Å². The van der Waals surface area contributed by atoms with E-state index in [1.54, 1.807) is 0 Å². The highest BCUT2D eigenvalue weighted by Gasteiger charge is 2.22. The van der Waals surface area contributed by atoms with E-state index in [2.05, 4.69) is 5.32 Å². The van der Waals surface area contributed by atoms with Crippen LogP contribution < -0.4 is 5.32 Å². The zero-order chi connectivity index (χ0) is 12.4. The molecule has 92 valence electrons. The first-order chi connectivity index (χ1) is 8.08. The summed E-state index contributed by atoms with van der Waals surface area (Å²) >= 11 is 5.61. The summed E-state index contributed by atoms with van der Waals surface area (Å²) in [6.45, 7) is 1.09. The molecule has 0 saturated carbocycles. The van der Waals surface area contributed by atoms with Gasteiger partial charge in [0.25, 0.3) is 5.69 Å². The fourth-order valence-corrected chi connectivity index (χ4v) is 1.83. The summed E-state index contributed by atoms with van der Waals surface area (Å²) in [6, 6.07) is 2.05. The Hall–Kier alpha value is -1.40. The predicted octanol–water partition coefficient (Wildman–Crippen LogP) is 2.59. The van der Waals surface area contributed by atoms with E-state index in [4.69, 9.17) is 16.3 Å². The van der Waals surface area contributed by atoms with E-state index in [0.717, 1.165) is 12.5 Å². The number of rotatable bonds is 3. The van der Waals surface area contributed by atoms with Crippen LogP contribution in [0.1, 0.15) is 6.42 Å². The van der Waals surface area contributed by atoms with Gasteiger partial charge in [0.2, 0.25) is 0 Å². The average Bonchev–Trinajstić information content (AvgIpc) is 2.75. The quantitative estimate of drug-likeness (QED) is 0.670. The van der Waals surface area contributed by atoms with Crippen LogP contribution in [-0.2, 0) is 4.74 Å². The van der Waals surface area contributed by atoms with Crippen LogP contribution in [0.2, 0.25) is 5.02 Å². The number of hydrogen-bond donors (Lipinski definition) is 1. The highest BCUT2D eigenvalue weighted by atomic mass is 35.5. The topological polar surface area (TPSA) is 64.4 Å². The second-order valence-electron chi connectivity index (χ2n) is 3.75. The molecule has 1 unspecified atom stereocenters. The van der Waals surface area contributed by atoms with Crippen LogP contribution in [0, 0.1) is 15.9 Å². The molecule has 1 saturated heterocycles. The van der Waals surface area contributed by atoms with E-state index >= 15 is 0 Å². The maximum Gasteiger partial charge on any atom is 0.295 e. The normalized spacial score (nSPS) is 19.3. The molecule has 0 aliphatic carbocycles. The molecule has 0 spiro atoms. The van der Waals surface area contributed by atoms with E-state index in [-0.39, 0.29) is 22.4 Å². The Morgan fingerprint density at radius 2 is 2.35 bits per heavy atom. The van der Waals surface area contributed by atoms with Gasteiger partial charge in [-0.3, -0.25) is 10.1 Å². The third kappa shape index (κ3) is 2.65. The lowest BCUT2D eigenvalue weighted by molar-refractivity contribution is -0.384. The molecular formula is C10H10ClFN2O3. The van der Waals surface area contributed by atoms with E-state index in [9.17, 15) is 14.5 Å². The van der Waals surface area contributed by atoms with Gasteiger partial charge in [-0.05, 0) is 12.5 Å². The first-order valence-corrected chi connectivity index (χ1v) is 5.43. The number of nitrogens with zero attached hydrogens (tertiary/aromatic N) is 1. The zero-order valence-corrected chi connectivity index (χ0v) is 9.54. The number of benzene rings is 1. The minimum atomic E-state index is -0.799. The highest BCUT2D eigenvalue weighted by Crippen LogP contribution is 2.31. The number of nitro benzene ring substituents is 1. The minimum absolute atomic E-state index is 0.00442. The minimum Gasteiger partial charge on any atom is -0.379 e. The summed E-state index contributed by atoms with van der Waals surface area (Å²) in [5.74, 6) is -0.799. The lowest BCUT2D eigenvalue weighted by Crippen LogP contribution is -2.19. The van der Waals surface area contributed by atoms with Gasteiger partial charge in [-0.1, -0.05) is 11.6 Å². The Labute approximate surface area is 102 Å². The molecule has 1 heterocycles. The van der Waals surface area contributed by atoms with Crippen LogP contribution in [0.25, 0.3) is 0 Å². The SMILES string of the molecule is O=[N+]([O-])c1cc(F)c(Cl)cc1NC1CCOC1. The summed E-state index contributed by atoms with van der Waals surface area (Å²) in [5, 5.41) is 13.6. The van der Waals surface area contributed by atoms with Crippen molar-refractivity contribution in [1.82, 2.24) is 0 Å². The van der Waals surface area contributed by atoms with Crippen molar-refractivity contribution in [3.8, 4) is 0 Å². The van der Waals surface area contributed by atoms with Gasteiger partial charge < -0.3 is 10.1 Å². The third-order valence-corrected chi connectivity index (χ3v) is 2.81. The highest BCUT2D eigenvalue weighted by molar-refractivity contribution is 6.31. The van der Waals surface area contributed by atoms with Crippen molar-refractivity contribution in [3.05, 3.63) is 33.1 Å². The molecule has 7 heteroatoms. The van der Waals surface area contributed by atoms with Crippen LogP contribution in [0.5, 0.6) is 0 Å². The largest absolute Gasteiger partial charge is 0.379 e. The molecule has 0 amide bonds. The van der Waals surface area contributed by atoms with Gasteiger partial charge in [-0.15, -0.1) is 0 Å². The first kappa shape index (κ1) is 12.1. The summed E-state index contributed by atoms with van der Waals surface area (Å²) in [7, 11) is 0. The van der Waals surface area contributed by atoms with Crippen molar-refractivity contribution in [2.75, 3.05) is 18.5 Å². The van der Waals surface area contributed by atoms with Crippen LogP contribution in [-0.4, -0.2) is 24.2 Å². The Morgan fingerprint density at radius 1 is 1.59 bits per heavy atom. The lowest BCUT2D eigenvalue weighted by Gasteiger charge is -2.12. The molecule has 2 rings (SSSR count). The monoisotopic (exact) mass is 260 g/mol. The van der Waals surface area contributed by atoms with E-state index in [0.29, 0.717) is 13.2 Å². The Balaban J connectivity index is 2.29. The molecular weight excluding hydrogens is 251 g/mol. The smallest absolute Gasteiger partial charge is 0.295 e. The van der Waals surface area contributed by atoms with Gasteiger partial charge in [0.1, 0.15) is 11.5 Å². The van der Waals surface area contributed by atoms with Crippen molar-refractivity contribution >= 4 is 23.0 Å². The second-order valence-corrected chi connectivity index (χ2v) is 4.15.